The summed E-state index contributed by atoms with van der Waals surface area (Å²) in [7, 11) is 4.17. The van der Waals surface area contributed by atoms with Crippen LogP contribution in [0.25, 0.3) is 0 Å². The van der Waals surface area contributed by atoms with Crippen LogP contribution in [-0.2, 0) is 9.53 Å². The van der Waals surface area contributed by atoms with Gasteiger partial charge in [0.05, 0.1) is 6.42 Å². The Balaban J connectivity index is 1.99. The Kier molecular flexibility index (Phi) is 10.9. The zero-order valence-corrected chi connectivity index (χ0v) is 20.9. The van der Waals surface area contributed by atoms with Gasteiger partial charge in [-0.3, -0.25) is 4.79 Å². The lowest BCUT2D eigenvalue weighted by atomic mass is 9.72. The van der Waals surface area contributed by atoms with E-state index in [1.54, 1.807) is 6.08 Å². The van der Waals surface area contributed by atoms with Gasteiger partial charge in [-0.2, -0.15) is 0 Å². The molecule has 0 saturated heterocycles. The minimum atomic E-state index is -0.481. The predicted octanol–water partition coefficient (Wildman–Crippen LogP) is 5.54. The van der Waals surface area contributed by atoms with Crippen LogP contribution >= 0.6 is 0 Å². The van der Waals surface area contributed by atoms with Gasteiger partial charge in [0.1, 0.15) is 12.4 Å². The number of benzene rings is 1. The maximum atomic E-state index is 12.6. The van der Waals surface area contributed by atoms with Gasteiger partial charge < -0.3 is 19.7 Å². The molecule has 2 rings (SSSR count). The average molecular weight is 459 g/mol. The smallest absolute Gasteiger partial charge is 0.412 e. The van der Waals surface area contributed by atoms with Crippen LogP contribution in [0.15, 0.2) is 36.9 Å². The molecule has 1 atom stereocenters. The van der Waals surface area contributed by atoms with Crippen molar-refractivity contribution in [3.8, 4) is 5.75 Å². The van der Waals surface area contributed by atoms with Crippen molar-refractivity contribution in [3.63, 3.8) is 0 Å². The Hall–Kier alpha value is -2.34. The molecule has 1 saturated carbocycles. The number of amides is 1. The number of carbonyl (C=O) groups is 2. The van der Waals surface area contributed by atoms with Crippen LogP contribution in [0.5, 0.6) is 5.75 Å². The fourth-order valence-corrected chi connectivity index (χ4v) is 4.72. The molecule has 1 aliphatic rings. The van der Waals surface area contributed by atoms with Gasteiger partial charge in [0, 0.05) is 6.54 Å². The minimum absolute atomic E-state index is 0.215. The van der Waals surface area contributed by atoms with E-state index in [0.29, 0.717) is 30.6 Å². The van der Waals surface area contributed by atoms with E-state index >= 15 is 0 Å². The highest BCUT2D eigenvalue weighted by molar-refractivity contribution is 5.72. The Morgan fingerprint density at radius 3 is 2.58 bits per heavy atom. The molecule has 0 spiro atoms. The maximum absolute atomic E-state index is 12.6. The largest absolute Gasteiger partial charge is 0.461 e. The van der Waals surface area contributed by atoms with Gasteiger partial charge in [0.25, 0.3) is 0 Å². The van der Waals surface area contributed by atoms with Crippen LogP contribution < -0.4 is 10.1 Å². The molecule has 1 fully saturated rings. The second kappa shape index (κ2) is 13.4. The second-order valence-corrected chi connectivity index (χ2v) is 9.97. The lowest BCUT2D eigenvalue weighted by molar-refractivity contribution is -0.145. The third-order valence-electron chi connectivity index (χ3n) is 6.59. The highest BCUT2D eigenvalue weighted by Crippen LogP contribution is 2.39. The molecular weight excluding hydrogens is 416 g/mol. The number of hydrogen-bond donors (Lipinski definition) is 1. The van der Waals surface area contributed by atoms with Gasteiger partial charge in [-0.05, 0) is 74.8 Å². The lowest BCUT2D eigenvalue weighted by Gasteiger charge is -2.36. The fraction of sp³-hybridized carbons (Fsp3) is 0.630. The molecule has 0 heterocycles. The van der Waals surface area contributed by atoms with E-state index in [0.717, 1.165) is 45.1 Å². The first kappa shape index (κ1) is 26.9. The van der Waals surface area contributed by atoms with Crippen molar-refractivity contribution in [2.45, 2.75) is 64.7 Å². The first-order valence-corrected chi connectivity index (χ1v) is 12.2. The molecule has 0 aromatic heterocycles. The number of esters is 1. The Morgan fingerprint density at radius 2 is 1.94 bits per heavy atom. The summed E-state index contributed by atoms with van der Waals surface area (Å²) in [6.07, 6.45) is 7.50. The van der Waals surface area contributed by atoms with E-state index in [-0.39, 0.29) is 18.0 Å². The molecule has 1 aliphatic carbocycles. The van der Waals surface area contributed by atoms with Crippen LogP contribution in [0.3, 0.4) is 0 Å². The zero-order chi connectivity index (χ0) is 24.3. The van der Waals surface area contributed by atoms with Crippen LogP contribution in [0.2, 0.25) is 0 Å². The van der Waals surface area contributed by atoms with E-state index in [2.05, 4.69) is 50.8 Å². The molecule has 33 heavy (non-hydrogen) atoms. The summed E-state index contributed by atoms with van der Waals surface area (Å²) < 4.78 is 10.8. The third kappa shape index (κ3) is 9.20. The third-order valence-corrected chi connectivity index (χ3v) is 6.59. The molecule has 0 radical (unpaired) electrons. The highest BCUT2D eigenvalue weighted by Gasteiger charge is 2.35. The topological polar surface area (TPSA) is 67.9 Å². The molecule has 1 aromatic carbocycles. The summed E-state index contributed by atoms with van der Waals surface area (Å²) in [6.45, 7) is 9.67. The number of nitrogens with one attached hydrogen (secondary N) is 1. The Morgan fingerprint density at radius 1 is 1.21 bits per heavy atom. The first-order chi connectivity index (χ1) is 15.7. The van der Waals surface area contributed by atoms with Crippen molar-refractivity contribution < 1.29 is 19.1 Å². The van der Waals surface area contributed by atoms with Crippen molar-refractivity contribution >= 4 is 12.1 Å². The van der Waals surface area contributed by atoms with Crippen molar-refractivity contribution in [3.05, 3.63) is 42.5 Å². The first-order valence-electron chi connectivity index (χ1n) is 12.2. The van der Waals surface area contributed by atoms with Gasteiger partial charge in [-0.15, -0.1) is 0 Å². The molecule has 1 aromatic rings. The van der Waals surface area contributed by atoms with Crippen LogP contribution in [-0.4, -0.2) is 50.8 Å². The van der Waals surface area contributed by atoms with Crippen molar-refractivity contribution in [2.75, 3.05) is 33.8 Å². The normalized spacial score (nSPS) is 16.3. The maximum Gasteiger partial charge on any atom is 0.412 e. The van der Waals surface area contributed by atoms with Gasteiger partial charge >= 0.3 is 12.1 Å². The van der Waals surface area contributed by atoms with Crippen molar-refractivity contribution in [1.29, 1.82) is 0 Å². The molecule has 6 nitrogen and oxygen atoms in total. The van der Waals surface area contributed by atoms with Gasteiger partial charge in [0.15, 0.2) is 0 Å². The molecule has 1 N–H and O–H groups in total. The van der Waals surface area contributed by atoms with Crippen LogP contribution in [0, 0.1) is 11.3 Å². The second-order valence-electron chi connectivity index (χ2n) is 9.97. The number of ether oxygens (including phenoxy) is 2. The predicted molar refractivity (Wildman–Crippen MR) is 133 cm³/mol. The minimum Gasteiger partial charge on any atom is -0.461 e. The van der Waals surface area contributed by atoms with E-state index in [1.165, 1.54) is 5.56 Å². The van der Waals surface area contributed by atoms with Gasteiger partial charge in [0.2, 0.25) is 0 Å². The van der Waals surface area contributed by atoms with E-state index < -0.39 is 6.09 Å². The Labute approximate surface area is 199 Å². The number of carbonyl (C=O) groups excluding carboxylic acids is 2. The zero-order valence-electron chi connectivity index (χ0n) is 20.9. The van der Waals surface area contributed by atoms with Crippen LogP contribution in [0.1, 0.15) is 70.3 Å². The standard InChI is InChI=1S/C27H42N2O4/c1-6-17-32-25(30)19-27(14-8-7-9-15-27)20-28-26(31)33-23-12-10-11-22(18-23)24(21(2)3)13-16-29(4)5/h6,10-12,18,21,24H,1,7-9,13-17,19-20H2,2-5H3,(H,28,31)/t24-/m0/s1. The fourth-order valence-electron chi connectivity index (χ4n) is 4.72. The monoisotopic (exact) mass is 458 g/mol. The molecule has 0 bridgehead atoms. The van der Waals surface area contributed by atoms with Crippen LogP contribution in [0.4, 0.5) is 4.79 Å². The summed E-state index contributed by atoms with van der Waals surface area (Å²) in [4.78, 5) is 27.1. The Bertz CT molecular complexity index is 769. The van der Waals surface area contributed by atoms with Crippen molar-refractivity contribution in [2.24, 2.45) is 11.3 Å². The molecule has 184 valence electrons. The van der Waals surface area contributed by atoms with Crippen molar-refractivity contribution in [1.82, 2.24) is 10.2 Å². The number of nitrogens with zero attached hydrogens (tertiary/aromatic N) is 1. The van der Waals surface area contributed by atoms with E-state index in [9.17, 15) is 9.59 Å². The quantitative estimate of drug-likeness (QED) is 0.329. The molecule has 6 heteroatoms. The SMILES string of the molecule is C=CCOC(=O)CC1(CNC(=O)Oc2cccc([C@@H](CCN(C)C)C(C)C)c2)CCCCC1. The van der Waals surface area contributed by atoms with Gasteiger partial charge in [-0.25, -0.2) is 4.79 Å². The van der Waals surface area contributed by atoms with E-state index in [4.69, 9.17) is 9.47 Å². The average Bonchev–Trinajstić information content (AvgIpc) is 2.77. The number of hydrogen-bond acceptors (Lipinski definition) is 5. The summed E-state index contributed by atoms with van der Waals surface area (Å²) in [5.41, 5.74) is 0.914. The van der Waals surface area contributed by atoms with Gasteiger partial charge in [-0.1, -0.05) is 57.9 Å². The summed E-state index contributed by atoms with van der Waals surface area (Å²) in [6, 6.07) is 7.84. The summed E-state index contributed by atoms with van der Waals surface area (Å²) >= 11 is 0. The number of rotatable bonds is 12. The highest BCUT2D eigenvalue weighted by atomic mass is 16.6. The summed E-state index contributed by atoms with van der Waals surface area (Å²) in [5, 5.41) is 2.92. The molecule has 0 aliphatic heterocycles. The van der Waals surface area contributed by atoms with E-state index in [1.807, 2.05) is 18.2 Å². The lowest BCUT2D eigenvalue weighted by Crippen LogP contribution is -2.41. The summed E-state index contributed by atoms with van der Waals surface area (Å²) in [5.74, 6) is 1.19. The molecule has 0 unspecified atom stereocenters. The molecule has 1 amide bonds. The molecular formula is C27H42N2O4.